The molecule has 0 spiro atoms. The van der Waals surface area contributed by atoms with Crippen molar-refractivity contribution in [2.45, 2.75) is 12.8 Å². The monoisotopic (exact) mass is 198 g/mol. The molecule has 0 radical (unpaired) electrons. The molecule has 0 heterocycles. The summed E-state index contributed by atoms with van der Waals surface area (Å²) in [6.45, 7) is 0. The molecule has 2 atom stereocenters. The first-order valence-electron chi connectivity index (χ1n) is 4.13. The Morgan fingerprint density at radius 1 is 1.43 bits per heavy atom. The van der Waals surface area contributed by atoms with Crippen LogP contribution < -0.4 is 0 Å². The maximum atomic E-state index is 11.2. The van der Waals surface area contributed by atoms with Gasteiger partial charge in [-0.25, -0.2) is 4.79 Å². The van der Waals surface area contributed by atoms with Gasteiger partial charge in [0.05, 0.1) is 18.9 Å². The van der Waals surface area contributed by atoms with E-state index in [1.807, 2.05) is 0 Å². The highest BCUT2D eigenvalue weighted by Gasteiger charge is 2.41. The second-order valence-electron chi connectivity index (χ2n) is 3.19. The van der Waals surface area contributed by atoms with Crippen LogP contribution in [0.15, 0.2) is 5.57 Å². The van der Waals surface area contributed by atoms with Crippen molar-refractivity contribution in [2.75, 3.05) is 7.11 Å². The third kappa shape index (κ3) is 1.83. The van der Waals surface area contributed by atoms with Crippen molar-refractivity contribution in [3.05, 3.63) is 5.57 Å². The summed E-state index contributed by atoms with van der Waals surface area (Å²) in [5.41, 5.74) is 0.341. The SMILES string of the molecule is COC(=O)C1CC(=C=O)CC1C(=O)O. The van der Waals surface area contributed by atoms with Gasteiger partial charge in [0, 0.05) is 5.57 Å². The van der Waals surface area contributed by atoms with E-state index < -0.39 is 23.8 Å². The van der Waals surface area contributed by atoms with Crippen LogP contribution >= 0.6 is 0 Å². The van der Waals surface area contributed by atoms with Crippen molar-refractivity contribution >= 4 is 17.9 Å². The number of ether oxygens (including phenoxy) is 1. The molecule has 0 aromatic heterocycles. The topological polar surface area (TPSA) is 80.7 Å². The third-order valence-corrected chi connectivity index (χ3v) is 2.38. The predicted octanol–water partition coefficient (Wildman–Crippen LogP) is 0.0282. The minimum absolute atomic E-state index is 0.0958. The van der Waals surface area contributed by atoms with Gasteiger partial charge < -0.3 is 9.84 Å². The van der Waals surface area contributed by atoms with Crippen LogP contribution in [0.3, 0.4) is 0 Å². The van der Waals surface area contributed by atoms with E-state index >= 15 is 0 Å². The zero-order valence-corrected chi connectivity index (χ0v) is 7.65. The molecule has 0 aromatic carbocycles. The highest BCUT2D eigenvalue weighted by atomic mass is 16.5. The number of allylic oxidation sites excluding steroid dienone is 1. The van der Waals surface area contributed by atoms with Gasteiger partial charge in [-0.3, -0.25) is 9.59 Å². The average Bonchev–Trinajstić information content (AvgIpc) is 2.60. The molecule has 0 amide bonds. The van der Waals surface area contributed by atoms with Gasteiger partial charge in [-0.2, -0.15) is 0 Å². The molecule has 1 aliphatic carbocycles. The smallest absolute Gasteiger partial charge is 0.309 e. The van der Waals surface area contributed by atoms with E-state index in [9.17, 15) is 14.4 Å². The number of methoxy groups -OCH3 is 1. The molecule has 1 saturated carbocycles. The molecule has 1 rings (SSSR count). The molecule has 14 heavy (non-hydrogen) atoms. The van der Waals surface area contributed by atoms with Crippen molar-refractivity contribution in [2.24, 2.45) is 11.8 Å². The van der Waals surface area contributed by atoms with E-state index in [-0.39, 0.29) is 12.8 Å². The first-order chi connectivity index (χ1) is 6.60. The van der Waals surface area contributed by atoms with Crippen LogP contribution in [0.2, 0.25) is 0 Å². The predicted molar refractivity (Wildman–Crippen MR) is 45.1 cm³/mol. The number of aliphatic carboxylic acids is 1. The lowest BCUT2D eigenvalue weighted by molar-refractivity contribution is -0.154. The van der Waals surface area contributed by atoms with Crippen LogP contribution in [0.25, 0.3) is 0 Å². The molecular formula is C9H10O5. The summed E-state index contributed by atoms with van der Waals surface area (Å²) in [7, 11) is 1.20. The number of hydrogen-bond donors (Lipinski definition) is 1. The molecule has 2 unspecified atom stereocenters. The van der Waals surface area contributed by atoms with Gasteiger partial charge >= 0.3 is 11.9 Å². The Morgan fingerprint density at radius 2 is 2.00 bits per heavy atom. The summed E-state index contributed by atoms with van der Waals surface area (Å²) in [5, 5.41) is 8.79. The second kappa shape index (κ2) is 4.07. The van der Waals surface area contributed by atoms with Crippen LogP contribution in [-0.4, -0.2) is 30.1 Å². The van der Waals surface area contributed by atoms with E-state index in [0.717, 1.165) is 0 Å². The Hall–Kier alpha value is -1.61. The first kappa shape index (κ1) is 10.5. The number of carbonyl (C=O) groups is 2. The van der Waals surface area contributed by atoms with Crippen LogP contribution in [0.1, 0.15) is 12.8 Å². The Balaban J connectivity index is 2.87. The van der Waals surface area contributed by atoms with Crippen molar-refractivity contribution in [1.82, 2.24) is 0 Å². The van der Waals surface area contributed by atoms with Crippen LogP contribution in [0.5, 0.6) is 0 Å². The van der Waals surface area contributed by atoms with Gasteiger partial charge in [0.25, 0.3) is 0 Å². The lowest BCUT2D eigenvalue weighted by atomic mass is 9.97. The van der Waals surface area contributed by atoms with E-state index in [2.05, 4.69) is 4.74 Å². The standard InChI is InChI=1S/C9H10O5/c1-14-9(13)7-3-5(4-10)2-6(7)8(11)12/h6-7H,2-3H2,1H3,(H,11,12). The zero-order valence-electron chi connectivity index (χ0n) is 7.65. The highest BCUT2D eigenvalue weighted by Crippen LogP contribution is 2.35. The van der Waals surface area contributed by atoms with Gasteiger partial charge in [-0.1, -0.05) is 0 Å². The number of hydrogen-bond acceptors (Lipinski definition) is 4. The Bertz CT molecular complexity index is 313. The number of rotatable bonds is 2. The molecule has 0 aliphatic heterocycles. The highest BCUT2D eigenvalue weighted by molar-refractivity contribution is 5.83. The van der Waals surface area contributed by atoms with Crippen molar-refractivity contribution < 1.29 is 24.2 Å². The Labute approximate surface area is 80.4 Å². The maximum absolute atomic E-state index is 11.2. The number of carboxylic acids is 1. The number of carboxylic acid groups (broad SMARTS) is 1. The largest absolute Gasteiger partial charge is 0.481 e. The normalized spacial score (nSPS) is 25.6. The summed E-state index contributed by atoms with van der Waals surface area (Å²) in [4.78, 5) is 32.2. The van der Waals surface area contributed by atoms with Gasteiger partial charge in [-0.05, 0) is 12.8 Å². The van der Waals surface area contributed by atoms with Crippen molar-refractivity contribution in [3.63, 3.8) is 0 Å². The molecule has 1 N–H and O–H groups in total. The van der Waals surface area contributed by atoms with Crippen LogP contribution in [0, 0.1) is 11.8 Å². The fraction of sp³-hybridized carbons (Fsp3) is 0.556. The molecule has 76 valence electrons. The molecule has 0 aromatic rings. The molecule has 0 saturated heterocycles. The van der Waals surface area contributed by atoms with E-state index in [4.69, 9.17) is 5.11 Å². The van der Waals surface area contributed by atoms with Crippen LogP contribution in [-0.2, 0) is 19.1 Å². The van der Waals surface area contributed by atoms with Crippen molar-refractivity contribution in [1.29, 1.82) is 0 Å². The number of carbonyl (C=O) groups excluding carboxylic acids is 2. The average molecular weight is 198 g/mol. The molecule has 0 bridgehead atoms. The van der Waals surface area contributed by atoms with E-state index in [1.165, 1.54) is 7.11 Å². The summed E-state index contributed by atoms with van der Waals surface area (Å²) >= 11 is 0. The quantitative estimate of drug-likeness (QED) is 0.500. The lowest BCUT2D eigenvalue weighted by Gasteiger charge is -2.11. The maximum Gasteiger partial charge on any atom is 0.309 e. The summed E-state index contributed by atoms with van der Waals surface area (Å²) in [6.07, 6.45) is 0.242. The molecular weight excluding hydrogens is 188 g/mol. The molecule has 5 heteroatoms. The van der Waals surface area contributed by atoms with Gasteiger partial charge in [0.15, 0.2) is 0 Å². The van der Waals surface area contributed by atoms with E-state index in [1.54, 1.807) is 5.94 Å². The van der Waals surface area contributed by atoms with Crippen molar-refractivity contribution in [3.8, 4) is 0 Å². The van der Waals surface area contributed by atoms with Gasteiger partial charge in [0.1, 0.15) is 5.94 Å². The minimum atomic E-state index is -1.08. The third-order valence-electron chi connectivity index (χ3n) is 2.38. The summed E-state index contributed by atoms with van der Waals surface area (Å²) in [5.74, 6) is -1.60. The minimum Gasteiger partial charge on any atom is -0.481 e. The van der Waals surface area contributed by atoms with E-state index in [0.29, 0.717) is 5.57 Å². The molecule has 1 fully saturated rings. The lowest BCUT2D eigenvalue weighted by Crippen LogP contribution is -2.26. The second-order valence-corrected chi connectivity index (χ2v) is 3.19. The van der Waals surface area contributed by atoms with Gasteiger partial charge in [0.2, 0.25) is 0 Å². The Morgan fingerprint density at radius 3 is 2.43 bits per heavy atom. The van der Waals surface area contributed by atoms with Crippen LogP contribution in [0.4, 0.5) is 0 Å². The number of esters is 1. The summed E-state index contributed by atoms with van der Waals surface area (Å²) < 4.78 is 4.46. The zero-order chi connectivity index (χ0) is 10.7. The fourth-order valence-corrected chi connectivity index (χ4v) is 1.64. The fourth-order valence-electron chi connectivity index (χ4n) is 1.64. The molecule has 5 nitrogen and oxygen atoms in total. The first-order valence-corrected chi connectivity index (χ1v) is 4.13. The Kier molecular flexibility index (Phi) is 3.04. The summed E-state index contributed by atoms with van der Waals surface area (Å²) in [6, 6.07) is 0. The van der Waals surface area contributed by atoms with Gasteiger partial charge in [-0.15, -0.1) is 0 Å². The molecule has 1 aliphatic rings.